The van der Waals surface area contributed by atoms with Crippen molar-refractivity contribution >= 4 is 17.5 Å². The number of amides is 2. The summed E-state index contributed by atoms with van der Waals surface area (Å²) >= 11 is 0. The van der Waals surface area contributed by atoms with Crippen LogP contribution in [0.5, 0.6) is 0 Å². The number of hydrogen-bond donors (Lipinski definition) is 3. The number of benzene rings is 1. The van der Waals surface area contributed by atoms with Crippen LogP contribution in [0.25, 0.3) is 0 Å². The summed E-state index contributed by atoms with van der Waals surface area (Å²) in [5.41, 5.74) is 0.556. The zero-order chi connectivity index (χ0) is 16.0. The monoisotopic (exact) mass is 292 g/mol. The average Bonchev–Trinajstić information content (AvgIpc) is 2.45. The molecule has 3 N–H and O–H groups in total. The Morgan fingerprint density at radius 2 is 1.86 bits per heavy atom. The molecule has 1 aromatic rings. The highest BCUT2D eigenvalue weighted by atomic mass is 16.3. The summed E-state index contributed by atoms with van der Waals surface area (Å²) in [6.45, 7) is 7.34. The third-order valence-electron chi connectivity index (χ3n) is 3.70. The molecule has 0 saturated heterocycles. The summed E-state index contributed by atoms with van der Waals surface area (Å²) in [7, 11) is 0. The fourth-order valence-corrected chi connectivity index (χ4v) is 1.67. The minimum atomic E-state index is -1.04. The first kappa shape index (κ1) is 17.2. The lowest BCUT2D eigenvalue weighted by Crippen LogP contribution is -2.47. The summed E-state index contributed by atoms with van der Waals surface area (Å²) in [6.07, 6.45) is 0.764. The molecule has 2 amide bonds. The Labute approximate surface area is 125 Å². The molecule has 0 heterocycles. The quantitative estimate of drug-likeness (QED) is 0.723. The van der Waals surface area contributed by atoms with Crippen molar-refractivity contribution in [1.82, 2.24) is 5.32 Å². The van der Waals surface area contributed by atoms with E-state index in [-0.39, 0.29) is 12.5 Å². The van der Waals surface area contributed by atoms with Crippen LogP contribution in [0.2, 0.25) is 0 Å². The van der Waals surface area contributed by atoms with Gasteiger partial charge in [-0.3, -0.25) is 9.59 Å². The Bertz CT molecular complexity index is 510. The van der Waals surface area contributed by atoms with Gasteiger partial charge in [0.2, 0.25) is 0 Å². The minimum Gasteiger partial charge on any atom is -0.388 e. The van der Waals surface area contributed by atoms with Gasteiger partial charge in [-0.1, -0.05) is 39.0 Å². The summed E-state index contributed by atoms with van der Waals surface area (Å²) in [4.78, 5) is 23.6. The van der Waals surface area contributed by atoms with E-state index in [9.17, 15) is 14.7 Å². The van der Waals surface area contributed by atoms with Gasteiger partial charge in [0, 0.05) is 12.2 Å². The van der Waals surface area contributed by atoms with Gasteiger partial charge >= 0.3 is 11.8 Å². The molecule has 1 aromatic carbocycles. The zero-order valence-corrected chi connectivity index (χ0v) is 13.1. The number of aliphatic hydroxyl groups is 1. The Balaban J connectivity index is 2.62. The molecule has 5 heteroatoms. The molecule has 0 aliphatic heterocycles. The maximum absolute atomic E-state index is 11.9. The van der Waals surface area contributed by atoms with Crippen molar-refractivity contribution in [1.29, 1.82) is 0 Å². The van der Waals surface area contributed by atoms with E-state index in [1.807, 2.05) is 32.9 Å². The van der Waals surface area contributed by atoms with E-state index in [2.05, 4.69) is 10.6 Å². The van der Waals surface area contributed by atoms with Crippen molar-refractivity contribution in [3.8, 4) is 0 Å². The second kappa shape index (κ2) is 7.22. The first-order chi connectivity index (χ1) is 9.77. The van der Waals surface area contributed by atoms with Gasteiger partial charge in [-0.15, -0.1) is 0 Å². The second-order valence-electron chi connectivity index (χ2n) is 5.66. The van der Waals surface area contributed by atoms with Gasteiger partial charge in [-0.25, -0.2) is 0 Å². The van der Waals surface area contributed by atoms with Gasteiger partial charge in [0.05, 0.1) is 5.60 Å². The molecule has 21 heavy (non-hydrogen) atoms. The molecule has 1 rings (SSSR count). The Morgan fingerprint density at radius 3 is 2.43 bits per heavy atom. The SMILES string of the molecule is CCc1ccccc1NC(=O)C(=O)NCC(C)(O)C(C)C. The number of nitrogens with one attached hydrogen (secondary N) is 2. The molecular weight excluding hydrogens is 268 g/mol. The fourth-order valence-electron chi connectivity index (χ4n) is 1.67. The minimum absolute atomic E-state index is 0.0262. The maximum atomic E-state index is 11.9. The maximum Gasteiger partial charge on any atom is 0.313 e. The van der Waals surface area contributed by atoms with Crippen LogP contribution in [0.4, 0.5) is 5.69 Å². The molecule has 0 radical (unpaired) electrons. The van der Waals surface area contributed by atoms with E-state index in [4.69, 9.17) is 0 Å². The Morgan fingerprint density at radius 1 is 1.24 bits per heavy atom. The lowest BCUT2D eigenvalue weighted by atomic mass is 9.92. The first-order valence-electron chi connectivity index (χ1n) is 7.17. The van der Waals surface area contributed by atoms with Crippen LogP contribution in [0.1, 0.15) is 33.3 Å². The number of para-hydroxylation sites is 1. The van der Waals surface area contributed by atoms with E-state index < -0.39 is 17.4 Å². The van der Waals surface area contributed by atoms with Crippen molar-refractivity contribution < 1.29 is 14.7 Å². The van der Waals surface area contributed by atoms with E-state index in [1.165, 1.54) is 0 Å². The second-order valence-corrected chi connectivity index (χ2v) is 5.66. The fraction of sp³-hybridized carbons (Fsp3) is 0.500. The molecule has 1 unspecified atom stereocenters. The summed E-state index contributed by atoms with van der Waals surface area (Å²) in [5.74, 6) is -1.50. The van der Waals surface area contributed by atoms with Crippen LogP contribution in [0, 0.1) is 5.92 Å². The summed E-state index contributed by atoms with van der Waals surface area (Å²) in [6, 6.07) is 7.34. The van der Waals surface area contributed by atoms with Gasteiger partial charge < -0.3 is 15.7 Å². The highest BCUT2D eigenvalue weighted by Crippen LogP contribution is 2.16. The largest absolute Gasteiger partial charge is 0.388 e. The standard InChI is InChI=1S/C16H24N2O3/c1-5-12-8-6-7-9-13(12)18-15(20)14(19)17-10-16(4,21)11(2)3/h6-9,11,21H,5,10H2,1-4H3,(H,17,19)(H,18,20). The Hall–Kier alpha value is -1.88. The van der Waals surface area contributed by atoms with Crippen LogP contribution in [0.3, 0.4) is 0 Å². The lowest BCUT2D eigenvalue weighted by molar-refractivity contribution is -0.137. The van der Waals surface area contributed by atoms with Crippen LogP contribution in [-0.2, 0) is 16.0 Å². The van der Waals surface area contributed by atoms with E-state index in [0.717, 1.165) is 12.0 Å². The predicted molar refractivity (Wildman–Crippen MR) is 82.9 cm³/mol. The number of hydrogen-bond acceptors (Lipinski definition) is 3. The van der Waals surface area contributed by atoms with Gasteiger partial charge in [-0.2, -0.15) is 0 Å². The molecule has 1 atom stereocenters. The van der Waals surface area contributed by atoms with E-state index in [1.54, 1.807) is 19.1 Å². The molecule has 0 spiro atoms. The molecule has 116 valence electrons. The average molecular weight is 292 g/mol. The summed E-state index contributed by atoms with van der Waals surface area (Å²) in [5, 5.41) is 15.1. The number of carbonyl (C=O) groups excluding carboxylic acids is 2. The lowest BCUT2D eigenvalue weighted by Gasteiger charge is -2.27. The smallest absolute Gasteiger partial charge is 0.313 e. The third kappa shape index (κ3) is 4.86. The third-order valence-corrected chi connectivity index (χ3v) is 3.70. The van der Waals surface area contributed by atoms with Gasteiger partial charge in [0.15, 0.2) is 0 Å². The highest BCUT2D eigenvalue weighted by Gasteiger charge is 2.26. The molecular formula is C16H24N2O3. The van der Waals surface area contributed by atoms with Gasteiger partial charge in [0.1, 0.15) is 0 Å². The normalized spacial score (nSPS) is 13.6. The van der Waals surface area contributed by atoms with Gasteiger partial charge in [0.25, 0.3) is 0 Å². The van der Waals surface area contributed by atoms with Crippen LogP contribution in [0.15, 0.2) is 24.3 Å². The number of carbonyl (C=O) groups is 2. The predicted octanol–water partition coefficient (Wildman–Crippen LogP) is 1.71. The van der Waals surface area contributed by atoms with Crippen LogP contribution in [-0.4, -0.2) is 29.1 Å². The van der Waals surface area contributed by atoms with Crippen LogP contribution < -0.4 is 10.6 Å². The number of rotatable bonds is 5. The van der Waals surface area contributed by atoms with Crippen molar-refractivity contribution in [3.05, 3.63) is 29.8 Å². The van der Waals surface area contributed by atoms with Crippen LogP contribution >= 0.6 is 0 Å². The Kier molecular flexibility index (Phi) is 5.90. The summed E-state index contributed by atoms with van der Waals surface area (Å²) < 4.78 is 0. The number of anilines is 1. The van der Waals surface area contributed by atoms with Crippen molar-refractivity contribution in [2.45, 2.75) is 39.7 Å². The van der Waals surface area contributed by atoms with Crippen molar-refractivity contribution in [2.24, 2.45) is 5.92 Å². The molecule has 0 aliphatic carbocycles. The molecule has 0 saturated carbocycles. The number of aryl methyl sites for hydroxylation is 1. The van der Waals surface area contributed by atoms with E-state index >= 15 is 0 Å². The molecule has 0 bridgehead atoms. The van der Waals surface area contributed by atoms with E-state index in [0.29, 0.717) is 5.69 Å². The first-order valence-corrected chi connectivity index (χ1v) is 7.17. The van der Waals surface area contributed by atoms with Crippen molar-refractivity contribution in [3.63, 3.8) is 0 Å². The van der Waals surface area contributed by atoms with Gasteiger partial charge in [-0.05, 0) is 30.9 Å². The highest BCUT2D eigenvalue weighted by molar-refractivity contribution is 6.39. The topological polar surface area (TPSA) is 78.4 Å². The molecule has 5 nitrogen and oxygen atoms in total. The molecule has 0 aromatic heterocycles. The van der Waals surface area contributed by atoms with Crippen molar-refractivity contribution in [2.75, 3.05) is 11.9 Å². The zero-order valence-electron chi connectivity index (χ0n) is 13.1. The molecule has 0 aliphatic rings. The molecule has 0 fully saturated rings.